The van der Waals surface area contributed by atoms with E-state index in [-0.39, 0.29) is 0 Å². The van der Waals surface area contributed by atoms with Gasteiger partial charge in [-0.05, 0) is 17.5 Å². The number of nitrogens with one attached hydrogen (secondary N) is 1. The molecule has 0 saturated carbocycles. The molecular formula is C14H15F3N2S. The van der Waals surface area contributed by atoms with E-state index >= 15 is 0 Å². The third-order valence-electron chi connectivity index (χ3n) is 3.49. The number of nitrogens with zero attached hydrogens (tertiary/aromatic N) is 1. The standard InChI is InChI=1S/C14H15F3N2S/c15-14(16,17)12-3-1-2-10-8-11(20-13(10)12)9-19-6-4-18-5-7-19/h1-3,8,18H,4-7,9H2. The largest absolute Gasteiger partial charge is 0.417 e. The summed E-state index contributed by atoms with van der Waals surface area (Å²) in [6.45, 7) is 4.51. The highest BCUT2D eigenvalue weighted by molar-refractivity contribution is 7.19. The van der Waals surface area contributed by atoms with Crippen LogP contribution in [0.15, 0.2) is 24.3 Å². The minimum Gasteiger partial charge on any atom is -0.314 e. The van der Waals surface area contributed by atoms with Gasteiger partial charge in [-0.1, -0.05) is 12.1 Å². The molecule has 1 saturated heterocycles. The molecule has 0 amide bonds. The van der Waals surface area contributed by atoms with Crippen LogP contribution in [0.3, 0.4) is 0 Å². The molecule has 0 aliphatic carbocycles. The first-order valence-electron chi connectivity index (χ1n) is 6.56. The number of rotatable bonds is 2. The lowest BCUT2D eigenvalue weighted by molar-refractivity contribution is -0.136. The van der Waals surface area contributed by atoms with Crippen LogP contribution in [-0.2, 0) is 12.7 Å². The molecule has 0 spiro atoms. The van der Waals surface area contributed by atoms with Crippen molar-refractivity contribution < 1.29 is 13.2 Å². The van der Waals surface area contributed by atoms with Gasteiger partial charge in [-0.25, -0.2) is 0 Å². The summed E-state index contributed by atoms with van der Waals surface area (Å²) in [4.78, 5) is 3.27. The van der Waals surface area contributed by atoms with E-state index in [9.17, 15) is 13.2 Å². The minimum absolute atomic E-state index is 0.352. The van der Waals surface area contributed by atoms with E-state index in [0.717, 1.165) is 43.7 Å². The van der Waals surface area contributed by atoms with Crippen molar-refractivity contribution in [2.45, 2.75) is 12.7 Å². The predicted molar refractivity (Wildman–Crippen MR) is 75.0 cm³/mol. The lowest BCUT2D eigenvalue weighted by Crippen LogP contribution is -2.42. The van der Waals surface area contributed by atoms with Crippen molar-refractivity contribution in [3.8, 4) is 0 Å². The molecule has 1 aromatic heterocycles. The van der Waals surface area contributed by atoms with E-state index in [2.05, 4.69) is 10.2 Å². The molecule has 108 valence electrons. The maximum Gasteiger partial charge on any atom is 0.417 e. The van der Waals surface area contributed by atoms with Crippen molar-refractivity contribution in [3.63, 3.8) is 0 Å². The lowest BCUT2D eigenvalue weighted by atomic mass is 10.1. The highest BCUT2D eigenvalue weighted by atomic mass is 32.1. The molecule has 6 heteroatoms. The van der Waals surface area contributed by atoms with Crippen LogP contribution < -0.4 is 5.32 Å². The number of alkyl halides is 3. The van der Waals surface area contributed by atoms with E-state index in [4.69, 9.17) is 0 Å². The second-order valence-electron chi connectivity index (χ2n) is 4.96. The van der Waals surface area contributed by atoms with Gasteiger partial charge in [0.05, 0.1) is 5.56 Å². The highest BCUT2D eigenvalue weighted by Gasteiger charge is 2.33. The SMILES string of the molecule is FC(F)(F)c1cccc2cc(CN3CCNCC3)sc12. The number of halogens is 3. The Balaban J connectivity index is 1.90. The van der Waals surface area contributed by atoms with E-state index in [1.54, 1.807) is 6.07 Å². The number of thiophene rings is 1. The second kappa shape index (κ2) is 5.35. The van der Waals surface area contributed by atoms with E-state index in [0.29, 0.717) is 10.1 Å². The van der Waals surface area contributed by atoms with E-state index in [1.165, 1.54) is 17.4 Å². The van der Waals surface area contributed by atoms with Gasteiger partial charge < -0.3 is 5.32 Å². The van der Waals surface area contributed by atoms with Crippen molar-refractivity contribution in [2.24, 2.45) is 0 Å². The monoisotopic (exact) mass is 300 g/mol. The van der Waals surface area contributed by atoms with Crippen LogP contribution in [0.5, 0.6) is 0 Å². The summed E-state index contributed by atoms with van der Waals surface area (Å²) in [5.41, 5.74) is -0.522. The number of fused-ring (bicyclic) bond motifs is 1. The van der Waals surface area contributed by atoms with Gasteiger partial charge in [-0.2, -0.15) is 13.2 Å². The zero-order chi connectivity index (χ0) is 14.2. The van der Waals surface area contributed by atoms with Gasteiger partial charge in [-0.3, -0.25) is 4.90 Å². The fraction of sp³-hybridized carbons (Fsp3) is 0.429. The topological polar surface area (TPSA) is 15.3 Å². The summed E-state index contributed by atoms with van der Waals surface area (Å²) in [6.07, 6.45) is -4.28. The molecule has 1 fully saturated rings. The Labute approximate surface area is 119 Å². The first kappa shape index (κ1) is 13.9. The number of benzene rings is 1. The second-order valence-corrected chi connectivity index (χ2v) is 6.10. The Hall–Kier alpha value is -1.11. The zero-order valence-electron chi connectivity index (χ0n) is 10.8. The first-order valence-corrected chi connectivity index (χ1v) is 7.37. The Bertz CT molecular complexity index is 600. The van der Waals surface area contributed by atoms with Gasteiger partial charge in [-0.15, -0.1) is 11.3 Å². The fourth-order valence-corrected chi connectivity index (χ4v) is 3.74. The Morgan fingerprint density at radius 1 is 1.20 bits per heavy atom. The van der Waals surface area contributed by atoms with Gasteiger partial charge in [0, 0.05) is 42.3 Å². The molecule has 3 rings (SSSR count). The molecule has 1 aliphatic rings. The third kappa shape index (κ3) is 2.82. The van der Waals surface area contributed by atoms with Crippen LogP contribution in [0, 0.1) is 0 Å². The molecule has 1 aromatic carbocycles. The Morgan fingerprint density at radius 3 is 2.65 bits per heavy atom. The zero-order valence-corrected chi connectivity index (χ0v) is 11.7. The molecule has 2 heterocycles. The maximum absolute atomic E-state index is 13.0. The average Bonchev–Trinajstić information content (AvgIpc) is 2.80. The van der Waals surface area contributed by atoms with Gasteiger partial charge in [0.15, 0.2) is 0 Å². The number of hydrogen-bond acceptors (Lipinski definition) is 3. The Kier molecular flexibility index (Phi) is 3.70. The van der Waals surface area contributed by atoms with Crippen molar-refractivity contribution in [2.75, 3.05) is 26.2 Å². The molecule has 0 bridgehead atoms. The van der Waals surface area contributed by atoms with Crippen LogP contribution in [0.25, 0.3) is 10.1 Å². The van der Waals surface area contributed by atoms with Crippen molar-refractivity contribution in [1.29, 1.82) is 0 Å². The molecule has 0 radical (unpaired) electrons. The normalized spacial score (nSPS) is 17.8. The molecule has 0 atom stereocenters. The van der Waals surface area contributed by atoms with Gasteiger partial charge >= 0.3 is 6.18 Å². The summed E-state index contributed by atoms with van der Waals surface area (Å²) in [5.74, 6) is 0. The molecular weight excluding hydrogens is 285 g/mol. The van der Waals surface area contributed by atoms with Gasteiger partial charge in [0.1, 0.15) is 0 Å². The first-order chi connectivity index (χ1) is 9.54. The van der Waals surface area contributed by atoms with Crippen molar-refractivity contribution in [3.05, 3.63) is 34.7 Å². The molecule has 0 unspecified atom stereocenters. The highest BCUT2D eigenvalue weighted by Crippen LogP contribution is 2.38. The molecule has 1 aliphatic heterocycles. The molecule has 1 N–H and O–H groups in total. The van der Waals surface area contributed by atoms with E-state index in [1.807, 2.05) is 6.07 Å². The average molecular weight is 300 g/mol. The van der Waals surface area contributed by atoms with E-state index < -0.39 is 11.7 Å². The quantitative estimate of drug-likeness (QED) is 0.915. The van der Waals surface area contributed by atoms with Gasteiger partial charge in [0.25, 0.3) is 0 Å². The van der Waals surface area contributed by atoms with Crippen LogP contribution in [0.2, 0.25) is 0 Å². The summed E-state index contributed by atoms with van der Waals surface area (Å²) in [5, 5.41) is 3.96. The third-order valence-corrected chi connectivity index (χ3v) is 4.66. The maximum atomic E-state index is 13.0. The van der Waals surface area contributed by atoms with Gasteiger partial charge in [0.2, 0.25) is 0 Å². The number of piperazine rings is 1. The van der Waals surface area contributed by atoms with Crippen LogP contribution in [0.4, 0.5) is 13.2 Å². The van der Waals surface area contributed by atoms with Crippen LogP contribution in [0.1, 0.15) is 10.4 Å². The smallest absolute Gasteiger partial charge is 0.314 e. The Morgan fingerprint density at radius 2 is 1.95 bits per heavy atom. The summed E-state index contributed by atoms with van der Waals surface area (Å²) in [6, 6.07) is 6.28. The van der Waals surface area contributed by atoms with Crippen LogP contribution in [-0.4, -0.2) is 31.1 Å². The summed E-state index contributed by atoms with van der Waals surface area (Å²) >= 11 is 1.26. The molecule has 20 heavy (non-hydrogen) atoms. The minimum atomic E-state index is -4.28. The van der Waals surface area contributed by atoms with Crippen molar-refractivity contribution in [1.82, 2.24) is 10.2 Å². The predicted octanol–water partition coefficient (Wildman–Crippen LogP) is 3.33. The fourth-order valence-electron chi connectivity index (χ4n) is 2.51. The summed E-state index contributed by atoms with van der Waals surface area (Å²) < 4.78 is 39.3. The van der Waals surface area contributed by atoms with Crippen molar-refractivity contribution >= 4 is 21.4 Å². The lowest BCUT2D eigenvalue weighted by Gasteiger charge is -2.26. The number of hydrogen-bond donors (Lipinski definition) is 1. The molecule has 2 aromatic rings. The van der Waals surface area contributed by atoms with Crippen LogP contribution >= 0.6 is 11.3 Å². The summed E-state index contributed by atoms with van der Waals surface area (Å²) in [7, 11) is 0. The molecule has 2 nitrogen and oxygen atoms in total.